The monoisotopic (exact) mass is 426 g/mol. The third-order valence-corrected chi connectivity index (χ3v) is 17.2. The Morgan fingerprint density at radius 2 is 0.696 bits per heavy atom. The minimum absolute atomic E-state index is 1.28. The van der Waals surface area contributed by atoms with Crippen molar-refractivity contribution in [1.82, 2.24) is 0 Å². The van der Waals surface area contributed by atoms with E-state index in [-0.39, 0.29) is 0 Å². The van der Waals surface area contributed by atoms with Crippen LogP contribution < -0.4 is 10.5 Å². The zero-order chi connectivity index (χ0) is 16.4. The van der Waals surface area contributed by atoms with Gasteiger partial charge in [-0.2, -0.15) is 0 Å². The Balaban J connectivity index is 2.24. The van der Waals surface area contributed by atoms with Crippen LogP contribution in [0.1, 0.15) is 16.7 Å². The average Bonchev–Trinajstić information content (AvgIpc) is 2.56. The van der Waals surface area contributed by atoms with Gasteiger partial charge in [0.1, 0.15) is 0 Å². The van der Waals surface area contributed by atoms with Gasteiger partial charge in [-0.3, -0.25) is 0 Å². The molecule has 0 nitrogen and oxygen atoms in total. The van der Waals surface area contributed by atoms with Crippen LogP contribution in [0, 0.1) is 20.8 Å². The first kappa shape index (κ1) is 16.6. The number of aryl methyl sites for hydroxylation is 3. The molecule has 0 fully saturated rings. The fourth-order valence-electron chi connectivity index (χ4n) is 2.71. The van der Waals surface area contributed by atoms with Gasteiger partial charge in [0.05, 0.1) is 0 Å². The van der Waals surface area contributed by atoms with Crippen LogP contribution in [-0.4, -0.2) is 16.8 Å². The summed E-state index contributed by atoms with van der Waals surface area (Å²) >= 11 is -3.16. The summed E-state index contributed by atoms with van der Waals surface area (Å²) in [7, 11) is 6.43. The van der Waals surface area contributed by atoms with Crippen molar-refractivity contribution in [2.24, 2.45) is 0 Å². The van der Waals surface area contributed by atoms with Gasteiger partial charge in [0.2, 0.25) is 0 Å². The summed E-state index contributed by atoms with van der Waals surface area (Å²) in [5.74, 6) is 0. The van der Waals surface area contributed by atoms with Crippen LogP contribution >= 0.6 is 9.19 Å². The molecule has 2 heteroatoms. The quantitative estimate of drug-likeness (QED) is 0.574. The molecule has 0 aliphatic rings. The fraction of sp³-hybridized carbons (Fsp3) is 0.143. The second-order valence-corrected chi connectivity index (χ2v) is 17.7. The van der Waals surface area contributed by atoms with Gasteiger partial charge in [0, 0.05) is 0 Å². The number of hydrogen-bond donors (Lipinski definition) is 0. The van der Waals surface area contributed by atoms with Crippen molar-refractivity contribution in [3.63, 3.8) is 0 Å². The van der Waals surface area contributed by atoms with Crippen LogP contribution in [0.4, 0.5) is 0 Å². The minimum atomic E-state index is -3.16. The van der Waals surface area contributed by atoms with Crippen molar-refractivity contribution in [3.8, 4) is 0 Å². The predicted octanol–water partition coefficient (Wildman–Crippen LogP) is 3.78. The van der Waals surface area contributed by atoms with Crippen molar-refractivity contribution >= 4 is 36.6 Å². The molecule has 0 bridgehead atoms. The van der Waals surface area contributed by atoms with E-state index in [9.17, 15) is 0 Å². The molecule has 23 heavy (non-hydrogen) atoms. The van der Waals surface area contributed by atoms with E-state index in [0.717, 1.165) is 0 Å². The molecule has 0 spiro atoms. The van der Waals surface area contributed by atoms with Gasteiger partial charge in [-0.05, 0) is 0 Å². The van der Waals surface area contributed by atoms with Crippen LogP contribution in [0.5, 0.6) is 0 Å². The molecule has 0 saturated heterocycles. The fourth-order valence-corrected chi connectivity index (χ4v) is 12.6. The first-order valence-electron chi connectivity index (χ1n) is 7.82. The van der Waals surface area contributed by atoms with Crippen LogP contribution in [0.3, 0.4) is 0 Å². The first-order chi connectivity index (χ1) is 11.0. The molecule has 0 unspecified atom stereocenters. The molecule has 0 saturated carbocycles. The number of hydrogen-bond acceptors (Lipinski definition) is 1. The van der Waals surface area contributed by atoms with Crippen molar-refractivity contribution in [3.05, 3.63) is 89.5 Å². The molecular formula is C21H21SSb. The predicted molar refractivity (Wildman–Crippen MR) is 106 cm³/mol. The van der Waals surface area contributed by atoms with Crippen LogP contribution in [0.25, 0.3) is 0 Å². The molecule has 0 radical (unpaired) electrons. The van der Waals surface area contributed by atoms with Crippen molar-refractivity contribution in [2.75, 3.05) is 0 Å². The number of rotatable bonds is 3. The Hall–Kier alpha value is -1.30. The van der Waals surface area contributed by atoms with Gasteiger partial charge in [-0.15, -0.1) is 0 Å². The molecule has 0 N–H and O–H groups in total. The summed E-state index contributed by atoms with van der Waals surface area (Å²) in [6.45, 7) is 6.38. The summed E-state index contributed by atoms with van der Waals surface area (Å²) in [5.41, 5.74) is 3.84. The summed E-state index contributed by atoms with van der Waals surface area (Å²) < 4.78 is 4.03. The van der Waals surface area contributed by atoms with E-state index in [1.54, 1.807) is 0 Å². The van der Waals surface area contributed by atoms with Gasteiger partial charge >= 0.3 is 147 Å². The summed E-state index contributed by atoms with van der Waals surface area (Å²) in [4.78, 5) is 0. The second-order valence-electron chi connectivity index (χ2n) is 6.12. The molecule has 0 amide bonds. The molecular weight excluding hydrogens is 406 g/mol. The summed E-state index contributed by atoms with van der Waals surface area (Å²) in [6.07, 6.45) is 0. The third-order valence-electron chi connectivity index (χ3n) is 4.19. The molecule has 3 aromatic rings. The summed E-state index contributed by atoms with van der Waals surface area (Å²) in [5, 5.41) is 0. The normalized spacial score (nSPS) is 11.4. The third kappa shape index (κ3) is 3.32. The Bertz CT molecular complexity index is 726. The van der Waals surface area contributed by atoms with E-state index in [0.29, 0.717) is 0 Å². The van der Waals surface area contributed by atoms with Gasteiger partial charge in [-0.25, -0.2) is 0 Å². The maximum absolute atomic E-state index is 6.43. The standard InChI is InChI=1S/3C7H7.S.Sb/c3*1-7-5-3-2-4-6-7;;/h3*3-6H,1H3;;. The molecule has 0 aromatic heterocycles. The maximum atomic E-state index is 6.43. The van der Waals surface area contributed by atoms with Crippen molar-refractivity contribution in [2.45, 2.75) is 20.8 Å². The molecule has 3 rings (SSSR count). The Morgan fingerprint density at radius 3 is 0.913 bits per heavy atom. The van der Waals surface area contributed by atoms with Crippen LogP contribution in [-0.2, 0) is 0 Å². The molecule has 0 atom stereocenters. The zero-order valence-electron chi connectivity index (χ0n) is 13.8. The van der Waals surface area contributed by atoms with E-state index in [1.807, 2.05) is 0 Å². The van der Waals surface area contributed by atoms with E-state index in [4.69, 9.17) is 9.19 Å². The van der Waals surface area contributed by atoms with Gasteiger partial charge in [0.15, 0.2) is 0 Å². The average molecular weight is 427 g/mol. The second kappa shape index (κ2) is 6.67. The van der Waals surface area contributed by atoms with E-state index >= 15 is 0 Å². The SMILES string of the molecule is Cc1cc[c]([Sb](=[S])([c]2ccc(C)cc2)[c]2ccc(C)cc2)cc1. The zero-order valence-corrected chi connectivity index (χ0v) is 17.2. The van der Waals surface area contributed by atoms with E-state index < -0.39 is 16.8 Å². The van der Waals surface area contributed by atoms with Crippen molar-refractivity contribution < 1.29 is 0 Å². The van der Waals surface area contributed by atoms with Crippen LogP contribution in [0.15, 0.2) is 72.8 Å². The molecule has 0 heterocycles. The van der Waals surface area contributed by atoms with Crippen molar-refractivity contribution in [1.29, 1.82) is 0 Å². The molecule has 3 aromatic carbocycles. The molecule has 116 valence electrons. The number of benzene rings is 3. The first-order valence-corrected chi connectivity index (χ1v) is 15.1. The van der Waals surface area contributed by atoms with Gasteiger partial charge in [-0.1, -0.05) is 0 Å². The molecule has 0 aliphatic heterocycles. The van der Waals surface area contributed by atoms with E-state index in [1.165, 1.54) is 27.2 Å². The summed E-state index contributed by atoms with van der Waals surface area (Å²) in [6, 6.07) is 26.6. The van der Waals surface area contributed by atoms with Gasteiger partial charge < -0.3 is 0 Å². The van der Waals surface area contributed by atoms with Gasteiger partial charge in [0.25, 0.3) is 0 Å². The Morgan fingerprint density at radius 1 is 0.478 bits per heavy atom. The Labute approximate surface area is 146 Å². The van der Waals surface area contributed by atoms with Crippen LogP contribution in [0.2, 0.25) is 0 Å². The Kier molecular flexibility index (Phi) is 4.80. The topological polar surface area (TPSA) is 0 Å². The molecule has 0 aliphatic carbocycles. The van der Waals surface area contributed by atoms with E-state index in [2.05, 4.69) is 93.6 Å².